The Kier molecular flexibility index (Phi) is 4.75. The maximum absolute atomic E-state index is 10.8. The Morgan fingerprint density at radius 2 is 1.88 bits per heavy atom. The van der Waals surface area contributed by atoms with E-state index in [-0.39, 0.29) is 16.9 Å². The molecule has 0 heterocycles. The first-order valence-electron chi connectivity index (χ1n) is 8.25. The number of hydrogen-bond donors (Lipinski definition) is 1. The minimum absolute atomic E-state index is 0.0565. The van der Waals surface area contributed by atoms with E-state index in [0.29, 0.717) is 22.9 Å². The molecule has 0 bridgehead atoms. The van der Waals surface area contributed by atoms with Crippen LogP contribution < -0.4 is 10.1 Å². The minimum atomic E-state index is 0.0565. The molecule has 1 N–H and O–H groups in total. The number of benzene rings is 1. The lowest BCUT2D eigenvalue weighted by Gasteiger charge is -2.62. The summed E-state index contributed by atoms with van der Waals surface area (Å²) in [4.78, 5) is 10.8. The van der Waals surface area contributed by atoms with Crippen LogP contribution >= 0.6 is 0 Å². The van der Waals surface area contributed by atoms with Crippen molar-refractivity contribution in [1.82, 2.24) is 0 Å². The van der Waals surface area contributed by atoms with E-state index in [1.54, 1.807) is 19.2 Å². The number of rotatable bonds is 5. The summed E-state index contributed by atoms with van der Waals surface area (Å²) >= 11 is 0. The van der Waals surface area contributed by atoms with Crippen molar-refractivity contribution in [3.63, 3.8) is 0 Å². The maximum Gasteiger partial charge on any atom is 0.142 e. The summed E-state index contributed by atoms with van der Waals surface area (Å²) in [6.07, 6.45) is 3.89. The molecule has 0 aliphatic heterocycles. The van der Waals surface area contributed by atoms with E-state index in [4.69, 9.17) is 4.74 Å². The van der Waals surface area contributed by atoms with Gasteiger partial charge in [-0.2, -0.15) is 5.26 Å². The number of carbonyl (C=O) groups excluding carboxylic acids is 1. The van der Waals surface area contributed by atoms with E-state index < -0.39 is 0 Å². The second-order valence-corrected chi connectivity index (χ2v) is 7.62. The summed E-state index contributed by atoms with van der Waals surface area (Å²) < 4.78 is 6.40. The van der Waals surface area contributed by atoms with Crippen molar-refractivity contribution in [2.45, 2.75) is 40.7 Å². The molecule has 0 amide bonds. The van der Waals surface area contributed by atoms with Crippen LogP contribution in [0.15, 0.2) is 18.2 Å². The van der Waals surface area contributed by atoms with Crippen LogP contribution in [-0.4, -0.2) is 19.4 Å². The van der Waals surface area contributed by atoms with Gasteiger partial charge in [0.25, 0.3) is 0 Å². The monoisotopic (exact) mass is 326 g/mol. The zero-order valence-corrected chi connectivity index (χ0v) is 15.3. The molecule has 1 aromatic rings. The van der Waals surface area contributed by atoms with Gasteiger partial charge < -0.3 is 10.1 Å². The lowest BCUT2D eigenvalue weighted by Crippen LogP contribution is -2.64. The smallest absolute Gasteiger partial charge is 0.142 e. The number of anilines is 1. The van der Waals surface area contributed by atoms with E-state index in [9.17, 15) is 10.1 Å². The van der Waals surface area contributed by atoms with E-state index in [1.807, 2.05) is 6.07 Å². The first-order chi connectivity index (χ1) is 11.2. The van der Waals surface area contributed by atoms with Gasteiger partial charge in [0.15, 0.2) is 0 Å². The molecule has 0 radical (unpaired) electrons. The lowest BCUT2D eigenvalue weighted by atomic mass is 9.46. The van der Waals surface area contributed by atoms with Crippen LogP contribution in [0.2, 0.25) is 0 Å². The third-order valence-electron chi connectivity index (χ3n) is 5.75. The molecule has 128 valence electrons. The van der Waals surface area contributed by atoms with Crippen molar-refractivity contribution >= 4 is 18.0 Å². The zero-order valence-electron chi connectivity index (χ0n) is 15.3. The van der Waals surface area contributed by atoms with Crippen LogP contribution in [0.1, 0.15) is 45.7 Å². The Morgan fingerprint density at radius 3 is 2.38 bits per heavy atom. The lowest BCUT2D eigenvalue weighted by molar-refractivity contribution is -0.190. The molecule has 0 saturated heterocycles. The third kappa shape index (κ3) is 2.69. The number of aldehydes is 1. The second-order valence-electron chi connectivity index (χ2n) is 7.62. The van der Waals surface area contributed by atoms with Gasteiger partial charge in [-0.1, -0.05) is 34.6 Å². The molecule has 1 fully saturated rings. The zero-order chi connectivity index (χ0) is 18.1. The van der Waals surface area contributed by atoms with Crippen LogP contribution in [0.5, 0.6) is 5.75 Å². The van der Waals surface area contributed by atoms with Crippen LogP contribution in [0.4, 0.5) is 5.69 Å². The molecule has 0 atom stereocenters. The van der Waals surface area contributed by atoms with Crippen LogP contribution in [0.25, 0.3) is 6.08 Å². The standard InChI is InChI=1S/C20H26N2O2/c1-13-19(2,3)18(20(13,4)5)24-16-10-9-14(12-21)17(22-6)15(16)8-7-11-23/h7-11,13,18,22H,1-6H3/b8-7-. The van der Waals surface area contributed by atoms with Crippen molar-refractivity contribution in [2.75, 3.05) is 12.4 Å². The summed E-state index contributed by atoms with van der Waals surface area (Å²) in [6, 6.07) is 5.74. The molecule has 0 unspecified atom stereocenters. The largest absolute Gasteiger partial charge is 0.489 e. The molecule has 0 spiro atoms. The number of nitriles is 1. The summed E-state index contributed by atoms with van der Waals surface area (Å²) in [5, 5.41) is 12.4. The quantitative estimate of drug-likeness (QED) is 0.648. The fourth-order valence-electron chi connectivity index (χ4n) is 4.07. The molecular formula is C20H26N2O2. The SMILES string of the molecule is CNc1c(C#N)ccc(OC2C(C)(C)C(C)C2(C)C)c1/C=C\C=O. The predicted molar refractivity (Wildman–Crippen MR) is 96.9 cm³/mol. The number of nitrogens with zero attached hydrogens (tertiary/aromatic N) is 1. The Labute approximate surface area is 144 Å². The number of carbonyl (C=O) groups is 1. The first-order valence-corrected chi connectivity index (χ1v) is 8.25. The van der Waals surface area contributed by atoms with Crippen molar-refractivity contribution in [3.05, 3.63) is 29.3 Å². The Morgan fingerprint density at radius 1 is 1.25 bits per heavy atom. The van der Waals surface area contributed by atoms with Crippen LogP contribution in [-0.2, 0) is 4.79 Å². The second kappa shape index (κ2) is 6.32. The van der Waals surface area contributed by atoms with Crippen molar-refractivity contribution in [2.24, 2.45) is 16.7 Å². The van der Waals surface area contributed by atoms with Crippen LogP contribution in [0, 0.1) is 28.1 Å². The molecule has 0 aromatic heterocycles. The third-order valence-corrected chi connectivity index (χ3v) is 5.75. The minimum Gasteiger partial charge on any atom is -0.489 e. The molecule has 1 aliphatic rings. The van der Waals surface area contributed by atoms with Gasteiger partial charge in [-0.05, 0) is 30.2 Å². The first kappa shape index (κ1) is 18.1. The summed E-state index contributed by atoms with van der Waals surface area (Å²) in [5.74, 6) is 1.22. The summed E-state index contributed by atoms with van der Waals surface area (Å²) in [6.45, 7) is 11.1. The van der Waals surface area contributed by atoms with Gasteiger partial charge in [-0.15, -0.1) is 0 Å². The topological polar surface area (TPSA) is 62.1 Å². The number of ether oxygens (including phenoxy) is 1. The van der Waals surface area contributed by atoms with E-state index in [1.165, 1.54) is 6.08 Å². The molecule has 2 rings (SSSR count). The molecule has 1 saturated carbocycles. The van der Waals surface area contributed by atoms with Gasteiger partial charge in [0, 0.05) is 23.4 Å². The average Bonchev–Trinajstić information content (AvgIpc) is 2.56. The number of nitrogens with one attached hydrogen (secondary N) is 1. The van der Waals surface area contributed by atoms with Crippen molar-refractivity contribution in [3.8, 4) is 11.8 Å². The number of hydrogen-bond acceptors (Lipinski definition) is 4. The normalized spacial score (nSPS) is 24.0. The van der Waals surface area contributed by atoms with Gasteiger partial charge in [0.2, 0.25) is 0 Å². The fraction of sp³-hybridized carbons (Fsp3) is 0.500. The van der Waals surface area contributed by atoms with Crippen molar-refractivity contribution < 1.29 is 9.53 Å². The molecule has 1 aromatic carbocycles. The molecule has 4 nitrogen and oxygen atoms in total. The molecule has 4 heteroatoms. The Bertz CT molecular complexity index is 695. The van der Waals surface area contributed by atoms with E-state index in [2.05, 4.69) is 46.0 Å². The van der Waals surface area contributed by atoms with Gasteiger partial charge >= 0.3 is 0 Å². The molecule has 24 heavy (non-hydrogen) atoms. The average molecular weight is 326 g/mol. The molecular weight excluding hydrogens is 300 g/mol. The van der Waals surface area contributed by atoms with Crippen molar-refractivity contribution in [1.29, 1.82) is 5.26 Å². The maximum atomic E-state index is 10.8. The van der Waals surface area contributed by atoms with E-state index >= 15 is 0 Å². The highest BCUT2D eigenvalue weighted by molar-refractivity contribution is 5.83. The highest BCUT2D eigenvalue weighted by Crippen LogP contribution is 2.60. The van der Waals surface area contributed by atoms with Gasteiger partial charge in [-0.25, -0.2) is 0 Å². The highest BCUT2D eigenvalue weighted by atomic mass is 16.5. The molecule has 1 aliphatic carbocycles. The van der Waals surface area contributed by atoms with Gasteiger partial charge in [0.1, 0.15) is 24.2 Å². The highest BCUT2D eigenvalue weighted by Gasteiger charge is 2.61. The Hall–Kier alpha value is -2.28. The number of allylic oxidation sites excluding steroid dienone is 1. The summed E-state index contributed by atoms with van der Waals surface area (Å²) in [5.41, 5.74) is 2.05. The Balaban J connectivity index is 2.49. The summed E-state index contributed by atoms with van der Waals surface area (Å²) in [7, 11) is 1.76. The van der Waals surface area contributed by atoms with Crippen LogP contribution in [0.3, 0.4) is 0 Å². The van der Waals surface area contributed by atoms with Gasteiger partial charge in [-0.3, -0.25) is 4.79 Å². The van der Waals surface area contributed by atoms with E-state index in [0.717, 1.165) is 11.8 Å². The van der Waals surface area contributed by atoms with Gasteiger partial charge in [0.05, 0.1) is 11.3 Å². The fourth-order valence-corrected chi connectivity index (χ4v) is 4.07. The predicted octanol–water partition coefficient (Wildman–Crippen LogP) is 4.26.